The molecule has 46 valence electrons. The van der Waals surface area contributed by atoms with Gasteiger partial charge in [0.25, 0.3) is 0 Å². The van der Waals surface area contributed by atoms with Gasteiger partial charge in [0, 0.05) is 0 Å². The summed E-state index contributed by atoms with van der Waals surface area (Å²) in [6, 6.07) is 0. The third-order valence-electron chi connectivity index (χ3n) is 1.08. The lowest BCUT2D eigenvalue weighted by atomic mass is 10.6. The van der Waals surface area contributed by atoms with Crippen molar-refractivity contribution in [2.75, 3.05) is 20.1 Å². The summed E-state index contributed by atoms with van der Waals surface area (Å²) in [6.07, 6.45) is 0. The predicted molar refractivity (Wildman–Crippen MR) is 33.9 cm³/mol. The van der Waals surface area contributed by atoms with Gasteiger partial charge in [-0.15, -0.1) is 0 Å². The van der Waals surface area contributed by atoms with E-state index in [-0.39, 0.29) is 6.15 Å². The van der Waals surface area contributed by atoms with E-state index in [1.54, 1.807) is 0 Å². The van der Waals surface area contributed by atoms with Crippen molar-refractivity contribution >= 4 is 0 Å². The molecule has 2 nitrogen and oxygen atoms in total. The van der Waals surface area contributed by atoms with Crippen LogP contribution in [0.1, 0.15) is 13.8 Å². The van der Waals surface area contributed by atoms with Crippen molar-refractivity contribution in [2.24, 2.45) is 0 Å². The Bertz CT molecular complexity index is 25.3. The zero-order valence-electron chi connectivity index (χ0n) is 5.57. The summed E-state index contributed by atoms with van der Waals surface area (Å²) < 4.78 is 0. The van der Waals surface area contributed by atoms with Crippen LogP contribution >= 0.6 is 0 Å². The van der Waals surface area contributed by atoms with Crippen LogP contribution < -0.4 is 6.15 Å². The van der Waals surface area contributed by atoms with Crippen LogP contribution in [-0.2, 0) is 0 Å². The largest absolute Gasteiger partial charge is 0.344 e. The van der Waals surface area contributed by atoms with Crippen LogP contribution in [0.2, 0.25) is 0 Å². The fourth-order valence-electron chi connectivity index (χ4n) is 0.224. The van der Waals surface area contributed by atoms with Crippen LogP contribution in [0, 0.1) is 0 Å². The molecular weight excluding hydrogens is 88.1 g/mol. The Labute approximate surface area is 46.1 Å². The molecule has 0 radical (unpaired) electrons. The maximum atomic E-state index is 2.25. The second-order valence-electron chi connectivity index (χ2n) is 1.49. The van der Waals surface area contributed by atoms with E-state index in [1.807, 2.05) is 0 Å². The summed E-state index contributed by atoms with van der Waals surface area (Å²) in [5.74, 6) is 0. The molecule has 0 amide bonds. The van der Waals surface area contributed by atoms with Gasteiger partial charge in [0.05, 0.1) is 0 Å². The van der Waals surface area contributed by atoms with Gasteiger partial charge in [0.2, 0.25) is 0 Å². The highest BCUT2D eigenvalue weighted by molar-refractivity contribution is 4.36. The molecule has 0 aromatic carbocycles. The first-order valence-corrected chi connectivity index (χ1v) is 2.49. The average molecular weight is 104 g/mol. The molecule has 0 fully saturated rings. The molecule has 0 atom stereocenters. The molecule has 0 aromatic rings. The standard InChI is InChI=1S/C5H13N.H3N/c1-4-6(3)5-2;/h4-5H2,1-3H3;1H3. The molecule has 0 unspecified atom stereocenters. The molecule has 0 bridgehead atoms. The normalized spacial score (nSPS) is 8.57. The highest BCUT2D eigenvalue weighted by Crippen LogP contribution is 1.73. The van der Waals surface area contributed by atoms with Crippen molar-refractivity contribution < 1.29 is 0 Å². The van der Waals surface area contributed by atoms with Crippen LogP contribution in [-0.4, -0.2) is 25.0 Å². The zero-order chi connectivity index (χ0) is 4.99. The molecule has 0 saturated heterocycles. The van der Waals surface area contributed by atoms with Gasteiger partial charge in [-0.25, -0.2) is 0 Å². The first kappa shape index (κ1) is 10.0. The van der Waals surface area contributed by atoms with Gasteiger partial charge in [-0.1, -0.05) is 13.8 Å². The third kappa shape index (κ3) is 5.92. The quantitative estimate of drug-likeness (QED) is 0.570. The van der Waals surface area contributed by atoms with E-state index in [9.17, 15) is 0 Å². The van der Waals surface area contributed by atoms with E-state index in [0.717, 1.165) is 13.1 Å². The van der Waals surface area contributed by atoms with Crippen LogP contribution in [0.25, 0.3) is 0 Å². The summed E-state index contributed by atoms with van der Waals surface area (Å²) in [5.41, 5.74) is 0. The molecule has 0 aliphatic rings. The molecule has 0 aliphatic heterocycles. The van der Waals surface area contributed by atoms with Crippen molar-refractivity contribution in [1.82, 2.24) is 11.1 Å². The van der Waals surface area contributed by atoms with Gasteiger partial charge in [-0.3, -0.25) is 0 Å². The molecule has 0 aromatic heterocycles. The maximum Gasteiger partial charge on any atom is -0.00504 e. The highest BCUT2D eigenvalue weighted by Gasteiger charge is 1.81. The molecule has 3 N–H and O–H groups in total. The Hall–Kier alpha value is -0.0800. The minimum Gasteiger partial charge on any atom is -0.344 e. The molecule has 0 heterocycles. The molecular formula is C5H16N2. The monoisotopic (exact) mass is 104 g/mol. The lowest BCUT2D eigenvalue weighted by molar-refractivity contribution is 0.373. The Morgan fingerprint density at radius 1 is 1.14 bits per heavy atom. The summed E-state index contributed by atoms with van der Waals surface area (Å²) in [6.45, 7) is 6.64. The summed E-state index contributed by atoms with van der Waals surface area (Å²) in [4.78, 5) is 2.25. The second kappa shape index (κ2) is 5.92. The number of hydrogen-bond acceptors (Lipinski definition) is 2. The Balaban J connectivity index is 0. The van der Waals surface area contributed by atoms with Gasteiger partial charge >= 0.3 is 0 Å². The second-order valence-corrected chi connectivity index (χ2v) is 1.49. The van der Waals surface area contributed by atoms with E-state index >= 15 is 0 Å². The minimum atomic E-state index is 0. The van der Waals surface area contributed by atoms with Crippen molar-refractivity contribution in [2.45, 2.75) is 13.8 Å². The predicted octanol–water partition coefficient (Wildman–Crippen LogP) is 1.12. The highest BCUT2D eigenvalue weighted by atomic mass is 15.1. The van der Waals surface area contributed by atoms with Gasteiger partial charge in [-0.2, -0.15) is 0 Å². The van der Waals surface area contributed by atoms with E-state index < -0.39 is 0 Å². The molecule has 2 heteroatoms. The smallest absolute Gasteiger partial charge is 0.00504 e. The Morgan fingerprint density at radius 2 is 1.43 bits per heavy atom. The fourth-order valence-corrected chi connectivity index (χ4v) is 0.224. The van der Waals surface area contributed by atoms with Crippen molar-refractivity contribution in [1.29, 1.82) is 0 Å². The van der Waals surface area contributed by atoms with Gasteiger partial charge in [0.1, 0.15) is 0 Å². The lowest BCUT2D eigenvalue weighted by Crippen LogP contribution is -2.15. The first-order chi connectivity index (χ1) is 2.81. The summed E-state index contributed by atoms with van der Waals surface area (Å²) >= 11 is 0. The average Bonchev–Trinajstić information content (AvgIpc) is 1.65. The van der Waals surface area contributed by atoms with Gasteiger partial charge < -0.3 is 11.1 Å². The first-order valence-electron chi connectivity index (χ1n) is 2.49. The molecule has 0 rings (SSSR count). The summed E-state index contributed by atoms with van der Waals surface area (Å²) in [7, 11) is 2.11. The Kier molecular flexibility index (Phi) is 8.47. The van der Waals surface area contributed by atoms with Gasteiger partial charge in [0.15, 0.2) is 0 Å². The number of hydrogen-bond donors (Lipinski definition) is 1. The van der Waals surface area contributed by atoms with Crippen LogP contribution in [0.3, 0.4) is 0 Å². The fraction of sp³-hybridized carbons (Fsp3) is 1.00. The van der Waals surface area contributed by atoms with Crippen LogP contribution in [0.5, 0.6) is 0 Å². The molecule has 7 heavy (non-hydrogen) atoms. The van der Waals surface area contributed by atoms with Gasteiger partial charge in [-0.05, 0) is 20.1 Å². The van der Waals surface area contributed by atoms with Crippen LogP contribution in [0.15, 0.2) is 0 Å². The van der Waals surface area contributed by atoms with E-state index in [4.69, 9.17) is 0 Å². The van der Waals surface area contributed by atoms with Crippen LogP contribution in [0.4, 0.5) is 0 Å². The lowest BCUT2D eigenvalue weighted by Gasteiger charge is -2.07. The molecule has 0 aliphatic carbocycles. The maximum absolute atomic E-state index is 2.25. The molecule has 0 saturated carbocycles. The van der Waals surface area contributed by atoms with E-state index in [2.05, 4.69) is 25.8 Å². The summed E-state index contributed by atoms with van der Waals surface area (Å²) in [5, 5.41) is 0. The van der Waals surface area contributed by atoms with Crippen molar-refractivity contribution in [3.63, 3.8) is 0 Å². The minimum absolute atomic E-state index is 0. The van der Waals surface area contributed by atoms with E-state index in [0.29, 0.717) is 0 Å². The Morgan fingerprint density at radius 3 is 1.43 bits per heavy atom. The zero-order valence-corrected chi connectivity index (χ0v) is 5.57. The molecule has 0 spiro atoms. The SMILES string of the molecule is CCN(C)CC.N. The van der Waals surface area contributed by atoms with Crippen molar-refractivity contribution in [3.8, 4) is 0 Å². The number of nitrogens with zero attached hydrogens (tertiary/aromatic N) is 1. The number of rotatable bonds is 2. The third-order valence-corrected chi connectivity index (χ3v) is 1.08. The van der Waals surface area contributed by atoms with E-state index in [1.165, 1.54) is 0 Å². The topological polar surface area (TPSA) is 38.2 Å². The van der Waals surface area contributed by atoms with Crippen molar-refractivity contribution in [3.05, 3.63) is 0 Å².